The number of amides is 1. The van der Waals surface area contributed by atoms with E-state index in [1.54, 1.807) is 18.2 Å². The lowest BCUT2D eigenvalue weighted by Crippen LogP contribution is -2.29. The highest BCUT2D eigenvalue weighted by Gasteiger charge is 2.19. The Morgan fingerprint density at radius 3 is 2.81 bits per heavy atom. The topological polar surface area (TPSA) is 73.9 Å². The van der Waals surface area contributed by atoms with Crippen molar-refractivity contribution in [2.45, 2.75) is 13.0 Å². The molecule has 3 rings (SSSR count). The quantitative estimate of drug-likeness (QED) is 0.620. The third kappa shape index (κ3) is 4.57. The van der Waals surface area contributed by atoms with Crippen molar-refractivity contribution in [2.24, 2.45) is 0 Å². The van der Waals surface area contributed by atoms with Crippen LogP contribution in [0.25, 0.3) is 6.08 Å². The Labute approximate surface area is 159 Å². The lowest BCUT2D eigenvalue weighted by Gasteiger charge is -2.12. The highest BCUT2D eigenvalue weighted by molar-refractivity contribution is 6.32. The van der Waals surface area contributed by atoms with Crippen molar-refractivity contribution >= 4 is 35.2 Å². The van der Waals surface area contributed by atoms with Crippen molar-refractivity contribution in [1.29, 1.82) is 0 Å². The normalized spacial score (nSPS) is 13.4. The van der Waals surface area contributed by atoms with Gasteiger partial charge in [0.25, 0.3) is 5.91 Å². The minimum atomic E-state index is -1.07. The summed E-state index contributed by atoms with van der Waals surface area (Å²) in [5.74, 6) is -0.797. The number of carbonyl (C=O) groups excluding carboxylic acids is 2. The molecule has 0 saturated carbocycles. The first-order valence-electron chi connectivity index (χ1n) is 7.97. The van der Waals surface area contributed by atoms with Gasteiger partial charge < -0.3 is 19.5 Å². The highest BCUT2D eigenvalue weighted by atomic mass is 35.5. The van der Waals surface area contributed by atoms with Crippen molar-refractivity contribution in [3.05, 3.63) is 58.9 Å². The predicted octanol–water partition coefficient (Wildman–Crippen LogP) is 3.79. The number of hydrogen-bond donors (Lipinski definition) is 1. The Hall–Kier alpha value is -3.06. The van der Waals surface area contributed by atoms with Gasteiger partial charge in [0.05, 0.1) is 5.02 Å². The number of halogens is 2. The minimum Gasteiger partial charge on any atom is -0.454 e. The van der Waals surface area contributed by atoms with E-state index in [0.717, 1.165) is 6.08 Å². The number of ether oxygens (including phenoxy) is 3. The molecule has 8 heteroatoms. The lowest BCUT2D eigenvalue weighted by molar-refractivity contribution is -0.148. The average Bonchev–Trinajstić information content (AvgIpc) is 3.09. The fourth-order valence-corrected chi connectivity index (χ4v) is 2.53. The number of rotatable bonds is 5. The highest BCUT2D eigenvalue weighted by Crippen LogP contribution is 2.34. The number of carbonyl (C=O) groups is 2. The Kier molecular flexibility index (Phi) is 5.61. The van der Waals surface area contributed by atoms with Crippen LogP contribution >= 0.6 is 11.6 Å². The number of nitrogens with one attached hydrogen (secondary N) is 1. The summed E-state index contributed by atoms with van der Waals surface area (Å²) in [5, 5.41) is 2.77. The third-order valence-corrected chi connectivity index (χ3v) is 4.02. The van der Waals surface area contributed by atoms with Crippen molar-refractivity contribution < 1.29 is 28.2 Å². The summed E-state index contributed by atoms with van der Waals surface area (Å²) in [6.45, 7) is 1.54. The van der Waals surface area contributed by atoms with E-state index in [-0.39, 0.29) is 17.4 Å². The monoisotopic (exact) mass is 391 g/mol. The van der Waals surface area contributed by atoms with Gasteiger partial charge in [-0.3, -0.25) is 4.79 Å². The Morgan fingerprint density at radius 2 is 2.04 bits per heavy atom. The molecule has 1 amide bonds. The second-order valence-electron chi connectivity index (χ2n) is 5.61. The molecule has 0 aliphatic carbocycles. The van der Waals surface area contributed by atoms with E-state index < -0.39 is 23.8 Å². The van der Waals surface area contributed by atoms with Gasteiger partial charge in [0.2, 0.25) is 6.79 Å². The first kappa shape index (κ1) is 18.7. The molecule has 1 aliphatic heterocycles. The molecule has 1 atom stereocenters. The molecule has 1 heterocycles. The standard InChI is InChI=1S/C19H15ClFNO5/c1-11(19(24)22-12-5-7-16-17(9-12)26-10-25-16)27-18(23)8-6-13-14(20)3-2-4-15(13)21/h2-9,11H,10H2,1H3,(H,22,24)/b8-6+. The zero-order chi connectivity index (χ0) is 19.4. The second kappa shape index (κ2) is 8.09. The number of esters is 1. The third-order valence-electron chi connectivity index (χ3n) is 3.69. The van der Waals surface area contributed by atoms with Gasteiger partial charge in [0, 0.05) is 23.4 Å². The molecule has 1 aliphatic rings. The second-order valence-corrected chi connectivity index (χ2v) is 6.01. The molecule has 0 aromatic heterocycles. The molecule has 0 bridgehead atoms. The SMILES string of the molecule is CC(OC(=O)/C=C/c1c(F)cccc1Cl)C(=O)Nc1ccc2c(c1)OCO2. The smallest absolute Gasteiger partial charge is 0.331 e. The minimum absolute atomic E-state index is 0.0635. The van der Waals surface area contributed by atoms with E-state index in [1.165, 1.54) is 31.2 Å². The summed E-state index contributed by atoms with van der Waals surface area (Å²) in [6.07, 6.45) is 1.14. The Morgan fingerprint density at radius 1 is 1.26 bits per heavy atom. The lowest BCUT2D eigenvalue weighted by atomic mass is 10.2. The molecule has 1 N–H and O–H groups in total. The summed E-state index contributed by atoms with van der Waals surface area (Å²) >= 11 is 5.87. The summed E-state index contributed by atoms with van der Waals surface area (Å²) in [4.78, 5) is 24.0. The van der Waals surface area contributed by atoms with Gasteiger partial charge in [-0.25, -0.2) is 9.18 Å². The van der Waals surface area contributed by atoms with Crippen LogP contribution in [-0.4, -0.2) is 24.8 Å². The van der Waals surface area contributed by atoms with Crippen LogP contribution in [0.3, 0.4) is 0 Å². The molecule has 2 aromatic carbocycles. The maximum Gasteiger partial charge on any atom is 0.331 e. The van der Waals surface area contributed by atoms with Crippen LogP contribution in [-0.2, 0) is 14.3 Å². The first-order valence-corrected chi connectivity index (χ1v) is 8.35. The van der Waals surface area contributed by atoms with Gasteiger partial charge in [-0.2, -0.15) is 0 Å². The largest absolute Gasteiger partial charge is 0.454 e. The molecule has 27 heavy (non-hydrogen) atoms. The molecule has 1 unspecified atom stereocenters. The van der Waals surface area contributed by atoms with Gasteiger partial charge in [-0.15, -0.1) is 0 Å². The fraction of sp³-hybridized carbons (Fsp3) is 0.158. The molecular weight excluding hydrogens is 377 g/mol. The van der Waals surface area contributed by atoms with Crippen LogP contribution in [0.1, 0.15) is 12.5 Å². The van der Waals surface area contributed by atoms with Crippen LogP contribution in [0.5, 0.6) is 11.5 Å². The molecule has 2 aromatic rings. The number of anilines is 1. The summed E-state index contributed by atoms with van der Waals surface area (Å²) in [7, 11) is 0. The maximum absolute atomic E-state index is 13.7. The van der Waals surface area contributed by atoms with Gasteiger partial charge >= 0.3 is 5.97 Å². The molecule has 0 fully saturated rings. The van der Waals surface area contributed by atoms with E-state index >= 15 is 0 Å². The van der Waals surface area contributed by atoms with E-state index in [2.05, 4.69) is 5.32 Å². The van der Waals surface area contributed by atoms with Crippen LogP contribution in [0.4, 0.5) is 10.1 Å². The molecular formula is C19H15ClFNO5. The number of fused-ring (bicyclic) bond motifs is 1. The van der Waals surface area contributed by atoms with E-state index in [9.17, 15) is 14.0 Å². The summed E-state index contributed by atoms with van der Waals surface area (Å²) in [5.41, 5.74) is 0.536. The molecule has 140 valence electrons. The van der Waals surface area contributed by atoms with E-state index in [4.69, 9.17) is 25.8 Å². The van der Waals surface area contributed by atoms with Gasteiger partial charge in [-0.05, 0) is 37.3 Å². The maximum atomic E-state index is 13.7. The van der Waals surface area contributed by atoms with Gasteiger partial charge in [-0.1, -0.05) is 17.7 Å². The first-order chi connectivity index (χ1) is 12.9. The zero-order valence-corrected chi connectivity index (χ0v) is 15.0. The average molecular weight is 392 g/mol. The zero-order valence-electron chi connectivity index (χ0n) is 14.2. The predicted molar refractivity (Wildman–Crippen MR) is 97.2 cm³/mol. The van der Waals surface area contributed by atoms with Crippen LogP contribution in [0, 0.1) is 5.82 Å². The molecule has 6 nitrogen and oxygen atoms in total. The Bertz CT molecular complexity index is 895. The summed E-state index contributed by atoms with van der Waals surface area (Å²) < 4.78 is 29.1. The van der Waals surface area contributed by atoms with Crippen molar-refractivity contribution in [2.75, 3.05) is 12.1 Å². The van der Waals surface area contributed by atoms with Gasteiger partial charge in [0.1, 0.15) is 5.82 Å². The van der Waals surface area contributed by atoms with Crippen LogP contribution < -0.4 is 14.8 Å². The molecule has 0 saturated heterocycles. The number of hydrogen-bond acceptors (Lipinski definition) is 5. The van der Waals surface area contributed by atoms with Crippen molar-refractivity contribution in [3.8, 4) is 11.5 Å². The number of benzene rings is 2. The van der Waals surface area contributed by atoms with E-state index in [0.29, 0.717) is 17.2 Å². The van der Waals surface area contributed by atoms with Crippen LogP contribution in [0.2, 0.25) is 5.02 Å². The van der Waals surface area contributed by atoms with Gasteiger partial charge in [0.15, 0.2) is 17.6 Å². The van der Waals surface area contributed by atoms with E-state index in [1.807, 2.05) is 0 Å². The fourth-order valence-electron chi connectivity index (χ4n) is 2.31. The Balaban J connectivity index is 1.57. The van der Waals surface area contributed by atoms with Crippen LogP contribution in [0.15, 0.2) is 42.5 Å². The van der Waals surface area contributed by atoms with Crippen molar-refractivity contribution in [1.82, 2.24) is 0 Å². The van der Waals surface area contributed by atoms with Crippen molar-refractivity contribution in [3.63, 3.8) is 0 Å². The molecule has 0 spiro atoms. The molecule has 0 radical (unpaired) electrons. The summed E-state index contributed by atoms with van der Waals surface area (Å²) in [6, 6.07) is 9.08.